The molecule has 0 radical (unpaired) electrons. The highest BCUT2D eigenvalue weighted by molar-refractivity contribution is 5.88. The van der Waals surface area contributed by atoms with Gasteiger partial charge in [-0.05, 0) is 5.56 Å². The number of carbonyl (C=O) groups excluding carboxylic acids is 1. The molecule has 0 heterocycles. The minimum Gasteiger partial charge on any atom is -0.394 e. The molecule has 1 unspecified atom stereocenters. The van der Waals surface area contributed by atoms with Crippen LogP contribution >= 0.6 is 0 Å². The smallest absolute Gasteiger partial charge is 0.202 e. The van der Waals surface area contributed by atoms with Gasteiger partial charge in [0.2, 0.25) is 5.78 Å². The average Bonchev–Trinajstić information content (AvgIpc) is 2.51. The van der Waals surface area contributed by atoms with E-state index in [9.17, 15) is 24.5 Å². The Kier molecular flexibility index (Phi) is 6.18. The number of carbonyl (C=O) groups is 1. The van der Waals surface area contributed by atoms with E-state index in [2.05, 4.69) is 0 Å². The van der Waals surface area contributed by atoms with Gasteiger partial charge in [0.1, 0.15) is 24.4 Å². The van der Waals surface area contributed by atoms with Gasteiger partial charge in [0.25, 0.3) is 0 Å². The van der Waals surface area contributed by atoms with E-state index >= 15 is 0 Å². The summed E-state index contributed by atoms with van der Waals surface area (Å²) < 4.78 is 13.9. The van der Waals surface area contributed by atoms with E-state index in [0.29, 0.717) is 0 Å². The Balaban J connectivity index is 2.76. The van der Waals surface area contributed by atoms with Crippen molar-refractivity contribution in [1.29, 1.82) is 0 Å². The van der Waals surface area contributed by atoms with Crippen molar-refractivity contribution in [2.24, 2.45) is 0 Å². The van der Waals surface area contributed by atoms with Gasteiger partial charge < -0.3 is 25.5 Å². The van der Waals surface area contributed by atoms with Crippen molar-refractivity contribution in [2.45, 2.75) is 30.6 Å². The zero-order valence-corrected chi connectivity index (χ0v) is 10.5. The monoisotopic (exact) mass is 288 g/mol. The first-order chi connectivity index (χ1) is 9.40. The van der Waals surface area contributed by atoms with Crippen LogP contribution < -0.4 is 0 Å². The van der Waals surface area contributed by atoms with Crippen molar-refractivity contribution < 1.29 is 34.7 Å². The van der Waals surface area contributed by atoms with E-state index in [-0.39, 0.29) is 5.56 Å². The second-order valence-corrected chi connectivity index (χ2v) is 4.35. The first-order valence-electron chi connectivity index (χ1n) is 5.96. The van der Waals surface area contributed by atoms with E-state index in [4.69, 9.17) is 10.2 Å². The van der Waals surface area contributed by atoms with Gasteiger partial charge in [0, 0.05) is 0 Å². The third-order valence-electron chi connectivity index (χ3n) is 2.89. The minimum atomic E-state index is -2.22. The molecular weight excluding hydrogens is 271 g/mol. The predicted molar refractivity (Wildman–Crippen MR) is 66.4 cm³/mol. The molecular formula is C13H17FO6. The number of Topliss-reactive ketones (excluding diaryl/α,β-unsaturated/α-hetero) is 1. The molecule has 0 fully saturated rings. The Labute approximate surface area is 114 Å². The van der Waals surface area contributed by atoms with E-state index in [1.807, 2.05) is 0 Å². The van der Waals surface area contributed by atoms with E-state index < -0.39 is 43.0 Å². The van der Waals surface area contributed by atoms with Crippen molar-refractivity contribution in [3.05, 3.63) is 35.9 Å². The van der Waals surface area contributed by atoms with Crippen molar-refractivity contribution >= 4 is 5.78 Å². The summed E-state index contributed by atoms with van der Waals surface area (Å²) in [4.78, 5) is 11.7. The quantitative estimate of drug-likeness (QED) is 0.426. The summed E-state index contributed by atoms with van der Waals surface area (Å²) in [6.45, 7) is -0.878. The summed E-state index contributed by atoms with van der Waals surface area (Å²) >= 11 is 0. The van der Waals surface area contributed by atoms with Crippen LogP contribution in [0.3, 0.4) is 0 Å². The maximum atomic E-state index is 13.9. The molecule has 20 heavy (non-hydrogen) atoms. The molecule has 1 aromatic rings. The summed E-state index contributed by atoms with van der Waals surface area (Å²) in [5, 5.41) is 46.1. The highest BCUT2D eigenvalue weighted by atomic mass is 19.1. The van der Waals surface area contributed by atoms with Crippen LogP contribution in [0, 0.1) is 0 Å². The van der Waals surface area contributed by atoms with E-state index in [0.717, 1.165) is 0 Å². The summed E-state index contributed by atoms with van der Waals surface area (Å²) in [6.07, 6.45) is -10.2. The molecule has 5 atom stereocenters. The summed E-state index contributed by atoms with van der Waals surface area (Å²) in [6, 6.07) is 7.29. The van der Waals surface area contributed by atoms with Gasteiger partial charge in [-0.3, -0.25) is 4.79 Å². The standard InChI is InChI=1S/C13H17FO6/c14-9(7-4-2-1-3-5-7)11(18)13(20)12(19)10(17)8(16)6-15/h1-5,8-10,12-13,15-17,19-20H,6H2/t8-,9?,10-,12+,13+/m1/s1. The van der Waals surface area contributed by atoms with Gasteiger partial charge in [-0.15, -0.1) is 0 Å². The molecule has 7 heteroatoms. The molecule has 0 aliphatic heterocycles. The fourth-order valence-corrected chi connectivity index (χ4v) is 1.63. The Hall–Kier alpha value is -1.38. The van der Waals surface area contributed by atoms with Gasteiger partial charge in [-0.1, -0.05) is 30.3 Å². The number of ketones is 1. The summed E-state index contributed by atoms with van der Waals surface area (Å²) in [7, 11) is 0. The van der Waals surface area contributed by atoms with E-state index in [1.54, 1.807) is 6.07 Å². The van der Waals surface area contributed by atoms with Crippen LogP contribution in [0.25, 0.3) is 0 Å². The number of hydrogen-bond donors (Lipinski definition) is 5. The summed E-state index contributed by atoms with van der Waals surface area (Å²) in [5.74, 6) is -1.34. The fourth-order valence-electron chi connectivity index (χ4n) is 1.63. The molecule has 0 saturated heterocycles. The highest BCUT2D eigenvalue weighted by Gasteiger charge is 2.37. The van der Waals surface area contributed by atoms with Crippen molar-refractivity contribution in [2.75, 3.05) is 6.61 Å². The fraction of sp³-hybridized carbons (Fsp3) is 0.462. The van der Waals surface area contributed by atoms with Crippen molar-refractivity contribution in [3.8, 4) is 0 Å². The van der Waals surface area contributed by atoms with E-state index in [1.165, 1.54) is 24.3 Å². The first-order valence-corrected chi connectivity index (χ1v) is 5.96. The Bertz CT molecular complexity index is 426. The van der Waals surface area contributed by atoms with Crippen LogP contribution in [-0.4, -0.2) is 62.3 Å². The van der Waals surface area contributed by atoms with Gasteiger partial charge in [-0.2, -0.15) is 0 Å². The molecule has 0 aromatic heterocycles. The Morgan fingerprint density at radius 1 is 1.05 bits per heavy atom. The molecule has 6 nitrogen and oxygen atoms in total. The minimum absolute atomic E-state index is 0.000876. The Morgan fingerprint density at radius 2 is 1.60 bits per heavy atom. The van der Waals surface area contributed by atoms with Crippen LogP contribution in [0.5, 0.6) is 0 Å². The van der Waals surface area contributed by atoms with Crippen LogP contribution in [0.1, 0.15) is 11.7 Å². The third kappa shape index (κ3) is 3.81. The number of hydrogen-bond acceptors (Lipinski definition) is 6. The lowest BCUT2D eigenvalue weighted by molar-refractivity contribution is -0.151. The topological polar surface area (TPSA) is 118 Å². The third-order valence-corrected chi connectivity index (χ3v) is 2.89. The molecule has 0 bridgehead atoms. The lowest BCUT2D eigenvalue weighted by Crippen LogP contribution is -2.49. The van der Waals surface area contributed by atoms with Crippen molar-refractivity contribution in [1.82, 2.24) is 0 Å². The van der Waals surface area contributed by atoms with Crippen LogP contribution in [-0.2, 0) is 4.79 Å². The Morgan fingerprint density at radius 3 is 2.10 bits per heavy atom. The molecule has 0 spiro atoms. The van der Waals surface area contributed by atoms with Crippen molar-refractivity contribution in [3.63, 3.8) is 0 Å². The zero-order valence-electron chi connectivity index (χ0n) is 10.5. The van der Waals surface area contributed by atoms with Crippen LogP contribution in [0.4, 0.5) is 4.39 Å². The molecule has 0 saturated carbocycles. The maximum absolute atomic E-state index is 13.9. The second-order valence-electron chi connectivity index (χ2n) is 4.35. The highest BCUT2D eigenvalue weighted by Crippen LogP contribution is 2.21. The number of aliphatic hydroxyl groups is 5. The molecule has 5 N–H and O–H groups in total. The number of halogens is 1. The maximum Gasteiger partial charge on any atom is 0.202 e. The van der Waals surface area contributed by atoms with Crippen LogP contribution in [0.2, 0.25) is 0 Å². The lowest BCUT2D eigenvalue weighted by atomic mass is 9.95. The second kappa shape index (κ2) is 7.41. The van der Waals surface area contributed by atoms with Gasteiger partial charge in [0.05, 0.1) is 6.61 Å². The van der Waals surface area contributed by atoms with Gasteiger partial charge >= 0.3 is 0 Å². The number of benzene rings is 1. The predicted octanol–water partition coefficient (Wildman–Crippen LogP) is -1.30. The average molecular weight is 288 g/mol. The molecule has 1 rings (SSSR count). The number of alkyl halides is 1. The molecule has 112 valence electrons. The largest absolute Gasteiger partial charge is 0.394 e. The number of rotatable bonds is 7. The lowest BCUT2D eigenvalue weighted by Gasteiger charge is -2.25. The summed E-state index contributed by atoms with van der Waals surface area (Å²) in [5.41, 5.74) is 0.000876. The van der Waals surface area contributed by atoms with Gasteiger partial charge in [-0.25, -0.2) is 4.39 Å². The SMILES string of the molecule is O=C(C(F)c1ccccc1)[C@H](O)[C@@H](O)[C@H](O)[C@H](O)CO. The molecule has 0 aliphatic rings. The van der Waals surface area contributed by atoms with Crippen LogP contribution in [0.15, 0.2) is 30.3 Å². The number of aliphatic hydroxyl groups excluding tert-OH is 5. The van der Waals surface area contributed by atoms with Gasteiger partial charge in [0.15, 0.2) is 6.17 Å². The molecule has 1 aromatic carbocycles. The molecule has 0 aliphatic carbocycles. The first kappa shape index (κ1) is 16.7. The zero-order chi connectivity index (χ0) is 15.3. The molecule has 0 amide bonds. The normalized spacial score (nSPS) is 18.9.